The molecule has 0 atom stereocenters. The maximum Gasteiger partial charge on any atom is 0.274 e. The lowest BCUT2D eigenvalue weighted by Gasteiger charge is -2.30. The van der Waals surface area contributed by atoms with Gasteiger partial charge in [0.1, 0.15) is 26.3 Å². The second-order valence-electron chi connectivity index (χ2n) is 7.32. The number of nitrogens with one attached hydrogen (secondary N) is 2. The van der Waals surface area contributed by atoms with Crippen molar-refractivity contribution in [1.29, 1.82) is 0 Å². The molecule has 7 nitrogen and oxygen atoms in total. The van der Waals surface area contributed by atoms with Crippen molar-refractivity contribution in [2.24, 2.45) is 0 Å². The molecule has 28 heavy (non-hydrogen) atoms. The van der Waals surface area contributed by atoms with Crippen LogP contribution in [0.4, 0.5) is 5.82 Å². The first-order valence-electron chi connectivity index (χ1n) is 10.2. The summed E-state index contributed by atoms with van der Waals surface area (Å²) in [6.45, 7) is 3.41. The Morgan fingerprint density at radius 2 is 1.96 bits per heavy atom. The van der Waals surface area contributed by atoms with E-state index in [4.69, 9.17) is 4.74 Å². The van der Waals surface area contributed by atoms with Gasteiger partial charge < -0.3 is 15.0 Å². The van der Waals surface area contributed by atoms with Crippen molar-refractivity contribution in [1.82, 2.24) is 10.2 Å². The largest absolute Gasteiger partial charge is 0.362 e. The molecule has 1 aliphatic heterocycles. The van der Waals surface area contributed by atoms with Gasteiger partial charge in [-0.2, -0.15) is 0 Å². The van der Waals surface area contributed by atoms with E-state index in [2.05, 4.69) is 21.3 Å². The minimum Gasteiger partial charge on any atom is -0.362 e. The van der Waals surface area contributed by atoms with E-state index in [0.29, 0.717) is 19.6 Å². The summed E-state index contributed by atoms with van der Waals surface area (Å²) >= 11 is 0. The third-order valence-electron chi connectivity index (χ3n) is 5.28. The summed E-state index contributed by atoms with van der Waals surface area (Å²) in [6.07, 6.45) is 9.94. The zero-order chi connectivity index (χ0) is 19.6. The molecule has 1 saturated heterocycles. The van der Waals surface area contributed by atoms with Crippen molar-refractivity contribution in [2.75, 3.05) is 50.8 Å². The van der Waals surface area contributed by atoms with Crippen LogP contribution in [0.15, 0.2) is 36.0 Å². The van der Waals surface area contributed by atoms with Gasteiger partial charge >= 0.3 is 0 Å². The van der Waals surface area contributed by atoms with Crippen LogP contribution in [-0.2, 0) is 14.3 Å². The first kappa shape index (κ1) is 20.3. The van der Waals surface area contributed by atoms with Gasteiger partial charge in [0.05, 0.1) is 19.3 Å². The summed E-state index contributed by atoms with van der Waals surface area (Å²) in [6, 6.07) is 5.97. The summed E-state index contributed by atoms with van der Waals surface area (Å²) in [4.78, 5) is 31.4. The second-order valence-corrected chi connectivity index (χ2v) is 7.32. The van der Waals surface area contributed by atoms with Crippen LogP contribution in [-0.4, -0.2) is 62.7 Å². The molecule has 1 fully saturated rings. The summed E-state index contributed by atoms with van der Waals surface area (Å²) in [5, 5.41) is 2.87. The molecule has 1 aromatic heterocycles. The molecule has 0 aromatic carbocycles. The van der Waals surface area contributed by atoms with Gasteiger partial charge in [-0.3, -0.25) is 14.5 Å². The number of ether oxygens (including phenoxy) is 1. The van der Waals surface area contributed by atoms with Gasteiger partial charge in [-0.25, -0.2) is 4.98 Å². The van der Waals surface area contributed by atoms with Gasteiger partial charge in [0, 0.05) is 12.6 Å². The molecule has 0 radical (unpaired) electrons. The van der Waals surface area contributed by atoms with Crippen LogP contribution in [0, 0.1) is 0 Å². The number of carbonyl (C=O) groups is 2. The standard InChI is InChI=1S/C21H30N4O3/c26-20(23-11-9-18-6-2-1-3-7-18)16-28-17-21(27)25-14-12-24(13-15-25)19-8-4-5-10-22-19/h4-6,8,10H,1-3,7,9,11-17H2,(H,23,26)/p+1. The van der Waals surface area contributed by atoms with Crippen molar-refractivity contribution in [3.63, 3.8) is 0 Å². The van der Waals surface area contributed by atoms with Gasteiger partial charge in [-0.15, -0.1) is 0 Å². The highest BCUT2D eigenvalue weighted by Gasteiger charge is 2.26. The topological polar surface area (TPSA) is 76.0 Å². The molecule has 2 heterocycles. The number of amides is 2. The maximum absolute atomic E-state index is 12.3. The van der Waals surface area contributed by atoms with Crippen LogP contribution in [0.3, 0.4) is 0 Å². The Bertz CT molecular complexity index is 669. The lowest BCUT2D eigenvalue weighted by Crippen LogP contribution is -2.51. The molecular weight excluding hydrogens is 356 g/mol. The van der Waals surface area contributed by atoms with Crippen LogP contribution >= 0.6 is 0 Å². The number of H-pyrrole nitrogens is 1. The third kappa shape index (κ3) is 6.34. The minimum atomic E-state index is -0.159. The predicted molar refractivity (Wildman–Crippen MR) is 107 cm³/mol. The van der Waals surface area contributed by atoms with Gasteiger partial charge in [0.25, 0.3) is 5.82 Å². The number of hydrogen-bond acceptors (Lipinski definition) is 4. The number of pyridine rings is 1. The number of nitrogens with zero attached hydrogens (tertiary/aromatic N) is 2. The van der Waals surface area contributed by atoms with E-state index in [1.807, 2.05) is 24.4 Å². The van der Waals surface area contributed by atoms with Gasteiger partial charge in [-0.1, -0.05) is 17.7 Å². The SMILES string of the molecule is O=C(COCC(=O)N1CCN(c2cccc[nH+]2)CC1)NCCC1=CCCCC1. The van der Waals surface area contributed by atoms with Gasteiger partial charge in [0.15, 0.2) is 0 Å². The Morgan fingerprint density at radius 1 is 1.11 bits per heavy atom. The van der Waals surface area contributed by atoms with Crippen LogP contribution in [0.2, 0.25) is 0 Å². The lowest BCUT2D eigenvalue weighted by atomic mass is 9.97. The number of anilines is 1. The first-order valence-corrected chi connectivity index (χ1v) is 10.2. The molecule has 2 amide bonds. The van der Waals surface area contributed by atoms with Gasteiger partial charge in [0.2, 0.25) is 11.8 Å². The minimum absolute atomic E-state index is 0.0456. The van der Waals surface area contributed by atoms with E-state index in [-0.39, 0.29) is 25.0 Å². The number of hydrogen-bond donors (Lipinski definition) is 1. The highest BCUT2D eigenvalue weighted by Crippen LogP contribution is 2.19. The van der Waals surface area contributed by atoms with Crippen LogP contribution < -0.4 is 15.2 Å². The van der Waals surface area contributed by atoms with E-state index >= 15 is 0 Å². The fourth-order valence-corrected chi connectivity index (χ4v) is 3.64. The van der Waals surface area contributed by atoms with E-state index in [9.17, 15) is 9.59 Å². The van der Waals surface area contributed by atoms with E-state index in [1.165, 1.54) is 18.4 Å². The average Bonchev–Trinajstić information content (AvgIpc) is 2.75. The van der Waals surface area contributed by atoms with E-state index in [0.717, 1.165) is 38.2 Å². The highest BCUT2D eigenvalue weighted by molar-refractivity contribution is 5.79. The fourth-order valence-electron chi connectivity index (χ4n) is 3.64. The van der Waals surface area contributed by atoms with Crippen LogP contribution in [0.25, 0.3) is 0 Å². The Morgan fingerprint density at radius 3 is 2.68 bits per heavy atom. The summed E-state index contributed by atoms with van der Waals surface area (Å²) in [5.74, 6) is 0.844. The molecule has 3 rings (SSSR count). The quantitative estimate of drug-likeness (QED) is 0.680. The zero-order valence-electron chi connectivity index (χ0n) is 16.5. The summed E-state index contributed by atoms with van der Waals surface area (Å²) in [5.41, 5.74) is 1.44. The molecule has 7 heteroatoms. The number of piperazine rings is 1. The second kappa shape index (κ2) is 10.8. The van der Waals surface area contributed by atoms with Crippen molar-refractivity contribution in [2.45, 2.75) is 32.1 Å². The van der Waals surface area contributed by atoms with Crippen LogP contribution in [0.5, 0.6) is 0 Å². The molecule has 0 saturated carbocycles. The maximum atomic E-state index is 12.3. The average molecular weight is 388 g/mol. The molecular formula is C21H31N4O3+. The lowest BCUT2D eigenvalue weighted by molar-refractivity contribution is -0.364. The number of allylic oxidation sites excluding steroid dienone is 1. The van der Waals surface area contributed by atoms with Crippen molar-refractivity contribution in [3.05, 3.63) is 36.0 Å². The molecule has 2 N–H and O–H groups in total. The molecule has 0 bridgehead atoms. The monoisotopic (exact) mass is 387 g/mol. The summed E-state index contributed by atoms with van der Waals surface area (Å²) < 4.78 is 5.33. The Labute approximate surface area is 166 Å². The number of aromatic nitrogens is 1. The Hall–Kier alpha value is -2.41. The smallest absolute Gasteiger partial charge is 0.274 e. The van der Waals surface area contributed by atoms with Gasteiger partial charge in [-0.05, 0) is 38.2 Å². The number of carbonyl (C=O) groups excluding carboxylic acids is 2. The van der Waals surface area contributed by atoms with Crippen molar-refractivity contribution in [3.8, 4) is 0 Å². The summed E-state index contributed by atoms with van der Waals surface area (Å²) in [7, 11) is 0. The molecule has 1 aliphatic carbocycles. The van der Waals surface area contributed by atoms with Crippen LogP contribution in [0.1, 0.15) is 32.1 Å². The van der Waals surface area contributed by atoms with E-state index < -0.39 is 0 Å². The zero-order valence-corrected chi connectivity index (χ0v) is 16.5. The predicted octanol–water partition coefficient (Wildman–Crippen LogP) is 1.17. The molecule has 0 unspecified atom stereocenters. The molecule has 152 valence electrons. The van der Waals surface area contributed by atoms with Crippen molar-refractivity contribution < 1.29 is 19.3 Å². The highest BCUT2D eigenvalue weighted by atomic mass is 16.5. The molecule has 1 aromatic rings. The normalized spacial score (nSPS) is 17.2. The first-order chi connectivity index (χ1) is 13.7. The van der Waals surface area contributed by atoms with E-state index in [1.54, 1.807) is 4.90 Å². The van der Waals surface area contributed by atoms with Crippen molar-refractivity contribution >= 4 is 17.6 Å². The fraction of sp³-hybridized carbons (Fsp3) is 0.571. The molecule has 2 aliphatic rings. The number of aromatic amines is 1. The Balaban J connectivity index is 1.27. The molecule has 0 spiro atoms. The third-order valence-corrected chi connectivity index (χ3v) is 5.28. The number of rotatable bonds is 8. The Kier molecular flexibility index (Phi) is 7.84.